The van der Waals surface area contributed by atoms with E-state index in [9.17, 15) is 11.0 Å². The summed E-state index contributed by atoms with van der Waals surface area (Å²) in [4.78, 5) is 4.34. The molecule has 2 aromatic carbocycles. The van der Waals surface area contributed by atoms with E-state index in [4.69, 9.17) is 16.9 Å². The lowest BCUT2D eigenvalue weighted by atomic mass is 10.0. The highest BCUT2D eigenvalue weighted by Gasteiger charge is 2.32. The van der Waals surface area contributed by atoms with Gasteiger partial charge in [-0.15, -0.1) is 5.53 Å². The molecule has 0 saturated heterocycles. The second kappa shape index (κ2) is 9.67. The molecule has 0 spiro atoms. The summed E-state index contributed by atoms with van der Waals surface area (Å²) in [6.07, 6.45) is 5.65. The summed E-state index contributed by atoms with van der Waals surface area (Å²) >= 11 is 6.59. The molecule has 176 valence electrons. The molecule has 1 fully saturated rings. The molecule has 35 heavy (non-hydrogen) atoms. The summed E-state index contributed by atoms with van der Waals surface area (Å²) in [6, 6.07) is 12.2. The van der Waals surface area contributed by atoms with Crippen molar-refractivity contribution in [1.29, 1.82) is 10.5 Å². The van der Waals surface area contributed by atoms with Gasteiger partial charge in [0, 0.05) is 36.1 Å². The Bertz CT molecular complexity index is 1430. The average molecular weight is 490 g/mol. The maximum Gasteiger partial charge on any atom is 0.123 e. The van der Waals surface area contributed by atoms with Crippen molar-refractivity contribution in [3.8, 4) is 12.1 Å². The fraction of sp³-hybridized carbons (Fsp3) is 0.240. The first-order chi connectivity index (χ1) is 17.4. The van der Waals surface area contributed by atoms with Gasteiger partial charge in [-0.25, -0.2) is 4.39 Å². The summed E-state index contributed by atoms with van der Waals surface area (Å²) in [7, 11) is 0. The van der Waals surface area contributed by atoms with Crippen molar-refractivity contribution < 1.29 is 5.76 Å². The number of nitrogens with zero attached hydrogens (tertiary/aromatic N) is 4. The molecule has 10 heteroatoms. The van der Waals surface area contributed by atoms with E-state index in [1.54, 1.807) is 24.3 Å². The predicted molar refractivity (Wildman–Crippen MR) is 132 cm³/mol. The van der Waals surface area contributed by atoms with E-state index in [0.717, 1.165) is 12.8 Å². The van der Waals surface area contributed by atoms with Crippen molar-refractivity contribution in [1.82, 2.24) is 21.0 Å². The minimum absolute atomic E-state index is 0.255. The van der Waals surface area contributed by atoms with Crippen LogP contribution < -0.4 is 21.6 Å². The Balaban J connectivity index is 1.59. The SMILES string of the molecule is [2H][C@](Nc1cc(Cl)c2ncc(C#N)c(NCCC#N)c2c1)(C1=CN(C2CC2)NN1)c1ccc(F)cc1. The minimum atomic E-state index is -1.53. The normalized spacial score (nSPS) is 17.0. The summed E-state index contributed by atoms with van der Waals surface area (Å²) in [5.74, 6) is -0.399. The van der Waals surface area contributed by atoms with Gasteiger partial charge < -0.3 is 16.1 Å². The van der Waals surface area contributed by atoms with Gasteiger partial charge in [0.05, 0.1) is 47.4 Å². The lowest BCUT2D eigenvalue weighted by Gasteiger charge is -2.22. The molecular formula is C25H22ClFN8. The quantitative estimate of drug-likeness (QED) is 0.337. The molecule has 4 N–H and O–H groups in total. The topological polar surface area (TPSA) is 112 Å². The van der Waals surface area contributed by atoms with E-state index in [1.165, 1.54) is 18.3 Å². The highest BCUT2D eigenvalue weighted by molar-refractivity contribution is 6.35. The number of nitriles is 2. The molecule has 0 bridgehead atoms. The van der Waals surface area contributed by atoms with Crippen LogP contribution >= 0.6 is 11.6 Å². The summed E-state index contributed by atoms with van der Waals surface area (Å²) in [5.41, 5.74) is 9.01. The maximum absolute atomic E-state index is 13.7. The number of hydrogen-bond acceptors (Lipinski definition) is 8. The van der Waals surface area contributed by atoms with Gasteiger partial charge in [-0.3, -0.25) is 9.99 Å². The van der Waals surface area contributed by atoms with Crippen LogP contribution in [0.15, 0.2) is 54.5 Å². The molecule has 0 unspecified atom stereocenters. The molecule has 1 atom stereocenters. The zero-order valence-electron chi connectivity index (χ0n) is 19.6. The zero-order chi connectivity index (χ0) is 25.3. The third-order valence-electron chi connectivity index (χ3n) is 5.78. The standard InChI is InChI=1S/C25H22ClFN8/c26-21-11-18(10-20-23(30-9-1-8-28)16(12-29)13-31-25(20)21)32-24(15-2-4-17(27)5-3-15)22-14-35(34-33-22)19-6-7-19/h2-5,10-11,13-14,19,24,32-34H,1,6-7,9H2,(H,30,31)/t24-/m1/s1/i24D. The van der Waals surface area contributed by atoms with Crippen molar-refractivity contribution >= 4 is 33.9 Å². The molecule has 1 aromatic heterocycles. The Morgan fingerprint density at radius 1 is 1.29 bits per heavy atom. The van der Waals surface area contributed by atoms with Crippen molar-refractivity contribution in [2.75, 3.05) is 17.2 Å². The molecular weight excluding hydrogens is 467 g/mol. The highest BCUT2D eigenvalue weighted by Crippen LogP contribution is 2.36. The fourth-order valence-corrected chi connectivity index (χ4v) is 4.18. The van der Waals surface area contributed by atoms with Gasteiger partial charge in [0.15, 0.2) is 0 Å². The van der Waals surface area contributed by atoms with Crippen molar-refractivity contribution in [3.63, 3.8) is 0 Å². The van der Waals surface area contributed by atoms with Gasteiger partial charge in [0.2, 0.25) is 0 Å². The minimum Gasteiger partial charge on any atom is -0.382 e. The molecule has 2 heterocycles. The largest absolute Gasteiger partial charge is 0.382 e. The number of benzene rings is 2. The Kier molecular flexibility index (Phi) is 5.93. The Labute approximate surface area is 208 Å². The molecule has 1 aliphatic carbocycles. The van der Waals surface area contributed by atoms with Gasteiger partial charge in [-0.1, -0.05) is 23.7 Å². The second-order valence-electron chi connectivity index (χ2n) is 8.27. The lowest BCUT2D eigenvalue weighted by Crippen LogP contribution is -2.38. The third kappa shape index (κ3) is 4.78. The Morgan fingerprint density at radius 3 is 2.80 bits per heavy atom. The predicted octanol–water partition coefficient (Wildman–Crippen LogP) is 4.71. The average Bonchev–Trinajstić information content (AvgIpc) is 3.60. The van der Waals surface area contributed by atoms with Crippen LogP contribution in [-0.4, -0.2) is 22.6 Å². The van der Waals surface area contributed by atoms with E-state index in [1.807, 2.05) is 11.2 Å². The van der Waals surface area contributed by atoms with Crippen molar-refractivity contribution in [2.45, 2.75) is 31.3 Å². The van der Waals surface area contributed by atoms with Crippen molar-refractivity contribution in [3.05, 3.63) is 76.5 Å². The van der Waals surface area contributed by atoms with E-state index in [2.05, 4.69) is 38.7 Å². The highest BCUT2D eigenvalue weighted by atomic mass is 35.5. The van der Waals surface area contributed by atoms with Gasteiger partial charge in [0.1, 0.15) is 11.9 Å². The van der Waals surface area contributed by atoms with Crippen LogP contribution in [0.25, 0.3) is 10.9 Å². The maximum atomic E-state index is 13.7. The number of fused-ring (bicyclic) bond motifs is 1. The molecule has 0 amide bonds. The van der Waals surface area contributed by atoms with E-state index in [-0.39, 0.29) is 6.42 Å². The smallest absolute Gasteiger partial charge is 0.123 e. The molecule has 2 aliphatic rings. The van der Waals surface area contributed by atoms with Crippen LogP contribution in [0.4, 0.5) is 15.8 Å². The number of pyridine rings is 1. The summed E-state index contributed by atoms with van der Waals surface area (Å²) in [6.45, 7) is 0.344. The molecule has 8 nitrogen and oxygen atoms in total. The van der Waals surface area contributed by atoms with Crippen LogP contribution in [0.3, 0.4) is 0 Å². The number of hydrogen-bond donors (Lipinski definition) is 4. The van der Waals surface area contributed by atoms with Gasteiger partial charge in [-0.05, 0) is 42.7 Å². The molecule has 3 aromatic rings. The third-order valence-corrected chi connectivity index (χ3v) is 6.07. The molecule has 5 rings (SSSR count). The number of nitrogens with one attached hydrogen (secondary N) is 4. The van der Waals surface area contributed by atoms with E-state index in [0.29, 0.717) is 56.7 Å². The molecule has 1 aliphatic heterocycles. The number of anilines is 2. The monoisotopic (exact) mass is 489 g/mol. The second-order valence-corrected chi connectivity index (χ2v) is 8.68. The first-order valence-electron chi connectivity index (χ1n) is 11.6. The summed E-state index contributed by atoms with van der Waals surface area (Å²) in [5, 5.41) is 27.8. The van der Waals surface area contributed by atoms with Crippen molar-refractivity contribution in [2.24, 2.45) is 0 Å². The Hall–Kier alpha value is -4.05. The van der Waals surface area contributed by atoms with Gasteiger partial charge in [0.25, 0.3) is 0 Å². The molecule has 1 saturated carbocycles. The van der Waals surface area contributed by atoms with E-state index < -0.39 is 11.8 Å². The van der Waals surface area contributed by atoms with Crippen LogP contribution in [0, 0.1) is 28.5 Å². The number of hydrazine groups is 2. The van der Waals surface area contributed by atoms with Crippen LogP contribution in [0.1, 0.15) is 37.8 Å². The van der Waals surface area contributed by atoms with E-state index >= 15 is 0 Å². The van der Waals surface area contributed by atoms with Gasteiger partial charge in [-0.2, -0.15) is 10.5 Å². The van der Waals surface area contributed by atoms with Crippen LogP contribution in [0.5, 0.6) is 0 Å². The fourth-order valence-electron chi connectivity index (χ4n) is 3.91. The Morgan fingerprint density at radius 2 is 2.09 bits per heavy atom. The number of rotatable bonds is 8. The van der Waals surface area contributed by atoms with Crippen LogP contribution in [-0.2, 0) is 0 Å². The van der Waals surface area contributed by atoms with Crippen LogP contribution in [0.2, 0.25) is 5.02 Å². The first-order valence-corrected chi connectivity index (χ1v) is 11.5. The number of halogens is 2. The number of aromatic nitrogens is 1. The summed E-state index contributed by atoms with van der Waals surface area (Å²) < 4.78 is 23.2. The zero-order valence-corrected chi connectivity index (χ0v) is 19.3. The first kappa shape index (κ1) is 21.5. The lowest BCUT2D eigenvalue weighted by molar-refractivity contribution is 0.260. The van der Waals surface area contributed by atoms with Gasteiger partial charge >= 0.3 is 0 Å². The molecule has 0 radical (unpaired) electrons.